The number of unbranched alkanes of at least 4 members (excludes halogenated alkanes) is 1. The summed E-state index contributed by atoms with van der Waals surface area (Å²) in [5.74, 6) is 5.79. The molecule has 0 aliphatic carbocycles. The molecular weight excluding hydrogens is 142 g/mol. The number of amides is 1. The molecule has 0 unspecified atom stereocenters. The first-order valence-electron chi connectivity index (χ1n) is 3.65. The van der Waals surface area contributed by atoms with Gasteiger partial charge in [-0.15, -0.1) is 5.92 Å². The Morgan fingerprint density at radius 1 is 1.45 bits per heavy atom. The van der Waals surface area contributed by atoms with Crippen LogP contribution in [0, 0.1) is 11.8 Å². The van der Waals surface area contributed by atoms with E-state index in [0.717, 1.165) is 12.8 Å². The molecule has 0 aromatic carbocycles. The van der Waals surface area contributed by atoms with Crippen molar-refractivity contribution < 1.29 is 9.53 Å². The molecule has 1 amide bonds. The average Bonchev–Trinajstić information content (AvgIpc) is 1.96. The second-order valence-corrected chi connectivity index (χ2v) is 2.02. The summed E-state index contributed by atoms with van der Waals surface area (Å²) in [6.45, 7) is 2.36. The van der Waals surface area contributed by atoms with Gasteiger partial charge in [0.1, 0.15) is 6.61 Å². The summed E-state index contributed by atoms with van der Waals surface area (Å²) in [6.07, 6.45) is 1.80. The third kappa shape index (κ3) is 8.83. The van der Waals surface area contributed by atoms with Crippen molar-refractivity contribution in [3.63, 3.8) is 0 Å². The van der Waals surface area contributed by atoms with Crippen molar-refractivity contribution in [1.82, 2.24) is 0 Å². The summed E-state index contributed by atoms with van der Waals surface area (Å²) in [7, 11) is 0. The molecule has 0 fully saturated rings. The summed E-state index contributed by atoms with van der Waals surface area (Å²) >= 11 is 0. The van der Waals surface area contributed by atoms with Crippen LogP contribution in [0.2, 0.25) is 0 Å². The molecule has 0 radical (unpaired) electrons. The van der Waals surface area contributed by atoms with E-state index in [2.05, 4.69) is 23.5 Å². The van der Waals surface area contributed by atoms with Gasteiger partial charge >= 0.3 is 6.09 Å². The number of primary amides is 1. The zero-order valence-electron chi connectivity index (χ0n) is 6.72. The normalized spacial score (nSPS) is 8.09. The van der Waals surface area contributed by atoms with Crippen LogP contribution in [-0.2, 0) is 4.74 Å². The minimum absolute atomic E-state index is 0.298. The van der Waals surface area contributed by atoms with Crippen molar-refractivity contribution in [2.75, 3.05) is 6.61 Å². The summed E-state index contributed by atoms with van der Waals surface area (Å²) in [5.41, 5.74) is 4.72. The maximum atomic E-state index is 10.0. The van der Waals surface area contributed by atoms with Crippen molar-refractivity contribution >= 4 is 6.09 Å². The van der Waals surface area contributed by atoms with Gasteiger partial charge in [-0.3, -0.25) is 0 Å². The lowest BCUT2D eigenvalue weighted by atomic mass is 10.3. The summed E-state index contributed by atoms with van der Waals surface area (Å²) in [6, 6.07) is 0. The first-order chi connectivity index (χ1) is 5.27. The lowest BCUT2D eigenvalue weighted by Gasteiger charge is -1.93. The number of ether oxygens (including phenoxy) is 1. The summed E-state index contributed by atoms with van der Waals surface area (Å²) in [4.78, 5) is 10.0. The van der Waals surface area contributed by atoms with Gasteiger partial charge in [-0.25, -0.2) is 4.79 Å². The van der Waals surface area contributed by atoms with E-state index in [9.17, 15) is 4.79 Å². The molecule has 11 heavy (non-hydrogen) atoms. The van der Waals surface area contributed by atoms with E-state index < -0.39 is 6.09 Å². The van der Waals surface area contributed by atoms with Gasteiger partial charge in [-0.05, 0) is 6.42 Å². The van der Waals surface area contributed by atoms with Crippen molar-refractivity contribution in [3.05, 3.63) is 0 Å². The second kappa shape index (κ2) is 6.94. The Labute approximate surface area is 66.9 Å². The van der Waals surface area contributed by atoms with E-state index >= 15 is 0 Å². The molecule has 0 saturated heterocycles. The molecule has 0 aliphatic rings. The zero-order valence-corrected chi connectivity index (χ0v) is 6.72. The van der Waals surface area contributed by atoms with E-state index in [1.54, 1.807) is 0 Å². The van der Waals surface area contributed by atoms with E-state index in [1.165, 1.54) is 0 Å². The Hall–Kier alpha value is -1.17. The minimum Gasteiger partial charge on any atom is -0.449 e. The standard InChI is InChI=1S/C8H13NO2/c1-2-3-4-5-6-7-11-8(9)10/h2-3,6-7H2,1H3,(H2,9,10). The van der Waals surface area contributed by atoms with E-state index in [4.69, 9.17) is 5.73 Å². The molecule has 0 aliphatic heterocycles. The highest BCUT2D eigenvalue weighted by Gasteiger charge is 1.88. The first-order valence-corrected chi connectivity index (χ1v) is 3.65. The monoisotopic (exact) mass is 155 g/mol. The molecule has 62 valence electrons. The fourth-order valence-electron chi connectivity index (χ4n) is 0.504. The van der Waals surface area contributed by atoms with Crippen LogP contribution in [0.3, 0.4) is 0 Å². The molecule has 0 bridgehead atoms. The molecule has 3 nitrogen and oxygen atoms in total. The SMILES string of the molecule is CCCC#CCCOC(N)=O. The number of hydrogen-bond acceptors (Lipinski definition) is 2. The highest BCUT2D eigenvalue weighted by molar-refractivity contribution is 5.64. The van der Waals surface area contributed by atoms with Crippen LogP contribution in [0.4, 0.5) is 4.79 Å². The fourth-order valence-corrected chi connectivity index (χ4v) is 0.504. The van der Waals surface area contributed by atoms with Crippen LogP contribution in [0.25, 0.3) is 0 Å². The van der Waals surface area contributed by atoms with Gasteiger partial charge in [0.25, 0.3) is 0 Å². The number of hydrogen-bond donors (Lipinski definition) is 1. The van der Waals surface area contributed by atoms with E-state index in [-0.39, 0.29) is 0 Å². The minimum atomic E-state index is -0.734. The van der Waals surface area contributed by atoms with Gasteiger partial charge in [-0.1, -0.05) is 12.8 Å². The van der Waals surface area contributed by atoms with Crippen LogP contribution in [0.1, 0.15) is 26.2 Å². The molecule has 0 atom stereocenters. The smallest absolute Gasteiger partial charge is 0.404 e. The largest absolute Gasteiger partial charge is 0.449 e. The Morgan fingerprint density at radius 3 is 2.64 bits per heavy atom. The molecule has 0 spiro atoms. The van der Waals surface area contributed by atoms with Crippen LogP contribution >= 0.6 is 0 Å². The van der Waals surface area contributed by atoms with Crippen molar-refractivity contribution in [2.45, 2.75) is 26.2 Å². The maximum Gasteiger partial charge on any atom is 0.404 e. The number of carbonyl (C=O) groups is 1. The quantitative estimate of drug-likeness (QED) is 0.493. The molecule has 0 aromatic heterocycles. The van der Waals surface area contributed by atoms with E-state index in [1.807, 2.05) is 0 Å². The number of rotatable bonds is 3. The van der Waals surface area contributed by atoms with Crippen LogP contribution in [0.5, 0.6) is 0 Å². The highest BCUT2D eigenvalue weighted by atomic mass is 16.5. The number of carbonyl (C=O) groups excluding carboxylic acids is 1. The van der Waals surface area contributed by atoms with E-state index in [0.29, 0.717) is 13.0 Å². The first kappa shape index (κ1) is 9.83. The molecular formula is C8H13NO2. The summed E-state index contributed by atoms with van der Waals surface area (Å²) < 4.78 is 4.46. The van der Waals surface area contributed by atoms with Crippen molar-refractivity contribution in [2.24, 2.45) is 5.73 Å². The Morgan fingerprint density at radius 2 is 2.09 bits per heavy atom. The molecule has 0 rings (SSSR count). The third-order valence-corrected chi connectivity index (χ3v) is 0.971. The second-order valence-electron chi connectivity index (χ2n) is 2.02. The molecule has 0 heterocycles. The average molecular weight is 155 g/mol. The van der Waals surface area contributed by atoms with Gasteiger partial charge in [0.05, 0.1) is 0 Å². The van der Waals surface area contributed by atoms with Gasteiger partial charge < -0.3 is 10.5 Å². The van der Waals surface area contributed by atoms with Crippen LogP contribution in [-0.4, -0.2) is 12.7 Å². The predicted molar refractivity (Wildman–Crippen MR) is 42.8 cm³/mol. The summed E-state index contributed by atoms with van der Waals surface area (Å²) in [5, 5.41) is 0. The van der Waals surface area contributed by atoms with Gasteiger partial charge in [0.15, 0.2) is 0 Å². The topological polar surface area (TPSA) is 52.3 Å². The molecule has 0 saturated carbocycles. The van der Waals surface area contributed by atoms with Crippen LogP contribution < -0.4 is 5.73 Å². The third-order valence-electron chi connectivity index (χ3n) is 0.971. The lowest BCUT2D eigenvalue weighted by Crippen LogP contribution is -2.13. The van der Waals surface area contributed by atoms with Gasteiger partial charge in [-0.2, -0.15) is 0 Å². The lowest BCUT2D eigenvalue weighted by molar-refractivity contribution is 0.159. The maximum absolute atomic E-state index is 10.0. The van der Waals surface area contributed by atoms with Crippen LogP contribution in [0.15, 0.2) is 0 Å². The Kier molecular flexibility index (Phi) is 6.20. The fraction of sp³-hybridized carbons (Fsp3) is 0.625. The Balaban J connectivity index is 3.15. The van der Waals surface area contributed by atoms with Gasteiger partial charge in [0.2, 0.25) is 0 Å². The molecule has 3 heteroatoms. The molecule has 0 aromatic rings. The molecule has 2 N–H and O–H groups in total. The zero-order chi connectivity index (χ0) is 8.53. The predicted octanol–water partition coefficient (Wildman–Crippen LogP) is 1.28. The Bertz CT molecular complexity index is 167. The number of nitrogens with two attached hydrogens (primary N) is 1. The van der Waals surface area contributed by atoms with Crippen molar-refractivity contribution in [3.8, 4) is 11.8 Å². The highest BCUT2D eigenvalue weighted by Crippen LogP contribution is 1.84. The van der Waals surface area contributed by atoms with Gasteiger partial charge in [0, 0.05) is 12.8 Å². The van der Waals surface area contributed by atoms with Crippen molar-refractivity contribution in [1.29, 1.82) is 0 Å².